The molecule has 1 aromatic rings. The zero-order chi connectivity index (χ0) is 14.6. The van der Waals surface area contributed by atoms with Crippen LogP contribution in [0, 0.1) is 5.92 Å². The molecule has 7 heteroatoms. The third-order valence-electron chi connectivity index (χ3n) is 3.64. The number of carbonyl (C=O) groups excluding carboxylic acids is 1. The van der Waals surface area contributed by atoms with Crippen LogP contribution in [0.25, 0.3) is 0 Å². The monoisotopic (exact) mass is 280 g/mol. The number of hydrogen-bond donors (Lipinski definition) is 4. The Morgan fingerprint density at radius 3 is 2.85 bits per heavy atom. The number of nitrogens with zero attached hydrogens (tertiary/aromatic N) is 1. The number of aromatic amines is 1. The van der Waals surface area contributed by atoms with Crippen LogP contribution >= 0.6 is 0 Å². The Labute approximate surface area is 117 Å². The molecule has 1 aromatic heterocycles. The number of aliphatic carboxylic acids is 1. The normalized spacial score (nSPS) is 17.2. The lowest BCUT2D eigenvalue weighted by Gasteiger charge is -2.26. The Hall–Kier alpha value is -2.05. The summed E-state index contributed by atoms with van der Waals surface area (Å²) in [6.45, 7) is 2.04. The van der Waals surface area contributed by atoms with Gasteiger partial charge in [-0.1, -0.05) is 0 Å². The highest BCUT2D eigenvalue weighted by Crippen LogP contribution is 2.39. The van der Waals surface area contributed by atoms with E-state index in [2.05, 4.69) is 20.6 Å². The van der Waals surface area contributed by atoms with Crippen LogP contribution in [0.15, 0.2) is 12.4 Å². The number of carbonyl (C=O) groups is 2. The van der Waals surface area contributed by atoms with Gasteiger partial charge in [0.05, 0.1) is 0 Å². The Balaban J connectivity index is 1.70. The van der Waals surface area contributed by atoms with Crippen LogP contribution in [0.2, 0.25) is 0 Å². The minimum atomic E-state index is -1.16. The highest BCUT2D eigenvalue weighted by atomic mass is 16.4. The molecule has 0 aliphatic heterocycles. The molecule has 1 atom stereocenters. The minimum Gasteiger partial charge on any atom is -0.480 e. The number of aromatic nitrogens is 2. The maximum absolute atomic E-state index is 11.7. The average molecular weight is 280 g/mol. The van der Waals surface area contributed by atoms with Crippen molar-refractivity contribution in [2.45, 2.75) is 38.1 Å². The molecule has 110 valence electrons. The molecular weight excluding hydrogens is 260 g/mol. The van der Waals surface area contributed by atoms with Gasteiger partial charge in [-0.15, -0.1) is 0 Å². The fourth-order valence-corrected chi connectivity index (χ4v) is 2.16. The number of carboxylic acid groups (broad SMARTS) is 1. The summed E-state index contributed by atoms with van der Waals surface area (Å²) in [6, 6.07) is -0.429. The van der Waals surface area contributed by atoms with E-state index in [1.165, 1.54) is 0 Å². The SMILES string of the molecule is CC(NC(=O)NCCCc1ncc[nH]1)(C(=O)O)C1CC1. The van der Waals surface area contributed by atoms with Gasteiger partial charge in [-0.3, -0.25) is 0 Å². The summed E-state index contributed by atoms with van der Waals surface area (Å²) in [5.74, 6) is -0.0693. The summed E-state index contributed by atoms with van der Waals surface area (Å²) in [5.41, 5.74) is -1.16. The van der Waals surface area contributed by atoms with Crippen LogP contribution in [0.1, 0.15) is 32.0 Å². The summed E-state index contributed by atoms with van der Waals surface area (Å²) in [5, 5.41) is 14.5. The highest BCUT2D eigenvalue weighted by molar-refractivity contribution is 5.86. The van der Waals surface area contributed by atoms with E-state index in [-0.39, 0.29) is 5.92 Å². The Morgan fingerprint density at radius 1 is 1.55 bits per heavy atom. The summed E-state index contributed by atoms with van der Waals surface area (Å²) in [7, 11) is 0. The molecule has 0 radical (unpaired) electrons. The van der Waals surface area contributed by atoms with Crippen LogP contribution in [-0.4, -0.2) is 39.2 Å². The summed E-state index contributed by atoms with van der Waals surface area (Å²) < 4.78 is 0. The molecule has 0 bridgehead atoms. The van der Waals surface area contributed by atoms with E-state index < -0.39 is 17.5 Å². The summed E-state index contributed by atoms with van der Waals surface area (Å²) in [4.78, 5) is 30.1. The van der Waals surface area contributed by atoms with Gasteiger partial charge in [-0.05, 0) is 32.1 Å². The van der Waals surface area contributed by atoms with Crippen molar-refractivity contribution in [1.82, 2.24) is 20.6 Å². The first-order valence-corrected chi connectivity index (χ1v) is 6.80. The van der Waals surface area contributed by atoms with E-state index >= 15 is 0 Å². The zero-order valence-corrected chi connectivity index (χ0v) is 11.5. The lowest BCUT2D eigenvalue weighted by Crippen LogP contribution is -2.56. The van der Waals surface area contributed by atoms with E-state index in [1.807, 2.05) is 0 Å². The molecular formula is C13H20N4O3. The molecule has 0 aromatic carbocycles. The van der Waals surface area contributed by atoms with Crippen molar-refractivity contribution in [2.75, 3.05) is 6.54 Å². The first-order chi connectivity index (χ1) is 9.52. The maximum atomic E-state index is 11.7. The molecule has 0 spiro atoms. The largest absolute Gasteiger partial charge is 0.480 e. The number of amides is 2. The second kappa shape index (κ2) is 5.94. The molecule has 2 amide bonds. The average Bonchev–Trinajstić information content (AvgIpc) is 3.13. The van der Waals surface area contributed by atoms with E-state index in [4.69, 9.17) is 0 Å². The fourth-order valence-electron chi connectivity index (χ4n) is 2.16. The predicted octanol–water partition coefficient (Wildman–Crippen LogP) is 0.895. The third-order valence-corrected chi connectivity index (χ3v) is 3.64. The van der Waals surface area contributed by atoms with E-state index in [0.717, 1.165) is 31.5 Å². The quantitative estimate of drug-likeness (QED) is 0.556. The van der Waals surface area contributed by atoms with Gasteiger partial charge in [0.1, 0.15) is 11.4 Å². The van der Waals surface area contributed by atoms with E-state index in [1.54, 1.807) is 19.3 Å². The molecule has 1 aliphatic carbocycles. The Bertz CT molecular complexity index is 470. The van der Waals surface area contributed by atoms with Crippen LogP contribution in [0.5, 0.6) is 0 Å². The second-order valence-electron chi connectivity index (χ2n) is 5.30. The van der Waals surface area contributed by atoms with Crippen molar-refractivity contribution in [3.05, 3.63) is 18.2 Å². The molecule has 7 nitrogen and oxygen atoms in total. The third kappa shape index (κ3) is 3.49. The topological polar surface area (TPSA) is 107 Å². The number of H-pyrrole nitrogens is 1. The van der Waals surface area contributed by atoms with Crippen molar-refractivity contribution in [3.8, 4) is 0 Å². The number of urea groups is 1. The second-order valence-corrected chi connectivity index (χ2v) is 5.30. The van der Waals surface area contributed by atoms with Gasteiger partial charge in [-0.2, -0.15) is 0 Å². The van der Waals surface area contributed by atoms with Crippen molar-refractivity contribution in [3.63, 3.8) is 0 Å². The van der Waals surface area contributed by atoms with Crippen LogP contribution in [0.3, 0.4) is 0 Å². The Morgan fingerprint density at radius 2 is 2.30 bits per heavy atom. The van der Waals surface area contributed by atoms with E-state index in [0.29, 0.717) is 6.54 Å². The lowest BCUT2D eigenvalue weighted by atomic mass is 9.96. The minimum absolute atomic E-state index is 0.0360. The smallest absolute Gasteiger partial charge is 0.329 e. The molecule has 2 rings (SSSR count). The van der Waals surface area contributed by atoms with Crippen LogP contribution in [0.4, 0.5) is 4.79 Å². The summed E-state index contributed by atoms with van der Waals surface area (Å²) >= 11 is 0. The van der Waals surface area contributed by atoms with Crippen molar-refractivity contribution < 1.29 is 14.7 Å². The number of nitrogens with one attached hydrogen (secondary N) is 3. The molecule has 4 N–H and O–H groups in total. The van der Waals surface area contributed by atoms with Gasteiger partial charge in [0.2, 0.25) is 0 Å². The van der Waals surface area contributed by atoms with Crippen LogP contribution in [-0.2, 0) is 11.2 Å². The van der Waals surface area contributed by atoms with Gasteiger partial charge in [0.15, 0.2) is 0 Å². The fraction of sp³-hybridized carbons (Fsp3) is 0.615. The maximum Gasteiger partial charge on any atom is 0.329 e. The zero-order valence-electron chi connectivity index (χ0n) is 11.5. The first kappa shape index (κ1) is 14.4. The van der Waals surface area contributed by atoms with Gasteiger partial charge in [0, 0.05) is 25.4 Å². The van der Waals surface area contributed by atoms with Gasteiger partial charge in [-0.25, -0.2) is 14.6 Å². The van der Waals surface area contributed by atoms with Gasteiger partial charge >= 0.3 is 12.0 Å². The summed E-state index contributed by atoms with van der Waals surface area (Å²) in [6.07, 6.45) is 6.62. The molecule has 0 saturated heterocycles. The molecule has 1 aliphatic rings. The highest BCUT2D eigenvalue weighted by Gasteiger charge is 2.48. The number of aryl methyl sites for hydroxylation is 1. The molecule has 1 unspecified atom stereocenters. The van der Waals surface area contributed by atoms with Crippen molar-refractivity contribution in [1.29, 1.82) is 0 Å². The number of hydrogen-bond acceptors (Lipinski definition) is 3. The van der Waals surface area contributed by atoms with Gasteiger partial charge in [0.25, 0.3) is 0 Å². The lowest BCUT2D eigenvalue weighted by molar-refractivity contribution is -0.144. The van der Waals surface area contributed by atoms with Crippen molar-refractivity contribution >= 4 is 12.0 Å². The van der Waals surface area contributed by atoms with Crippen molar-refractivity contribution in [2.24, 2.45) is 5.92 Å². The molecule has 1 heterocycles. The van der Waals surface area contributed by atoms with Gasteiger partial charge < -0.3 is 20.7 Å². The molecule has 1 saturated carbocycles. The number of carboxylic acids is 1. The number of imidazole rings is 1. The van der Waals surface area contributed by atoms with E-state index in [9.17, 15) is 14.7 Å². The molecule has 20 heavy (non-hydrogen) atoms. The predicted molar refractivity (Wildman–Crippen MR) is 72.2 cm³/mol. The first-order valence-electron chi connectivity index (χ1n) is 6.80. The standard InChI is InChI=1S/C13H20N4O3/c1-13(11(18)19,9-4-5-9)17-12(20)16-6-2-3-10-14-7-8-15-10/h7-9H,2-6H2,1H3,(H,14,15)(H,18,19)(H2,16,17,20). The number of rotatable bonds is 7. The van der Waals surface area contributed by atoms with Crippen LogP contribution < -0.4 is 10.6 Å². The Kier molecular flexibility index (Phi) is 4.26. The molecule has 1 fully saturated rings.